The molecule has 0 fully saturated rings. The van der Waals surface area contributed by atoms with Gasteiger partial charge in [-0.1, -0.05) is 48.5 Å². The molecule has 2 aromatic carbocycles. The Morgan fingerprint density at radius 2 is 1.72 bits per heavy atom. The number of alkyl halides is 3. The lowest BCUT2D eigenvalue weighted by atomic mass is 10.0. The second-order valence-corrected chi connectivity index (χ2v) is 5.25. The summed E-state index contributed by atoms with van der Waals surface area (Å²) >= 11 is 0. The molecule has 2 rings (SSSR count). The van der Waals surface area contributed by atoms with Crippen LogP contribution in [-0.2, 0) is 17.4 Å². The minimum Gasteiger partial charge on any atom is -0.351 e. The molecule has 0 spiro atoms. The Morgan fingerprint density at radius 3 is 2.36 bits per heavy atom. The summed E-state index contributed by atoms with van der Waals surface area (Å²) < 4.78 is 38.9. The third-order valence-electron chi connectivity index (χ3n) is 3.47. The van der Waals surface area contributed by atoms with Crippen LogP contribution in [-0.4, -0.2) is 12.5 Å². The molecule has 0 radical (unpaired) electrons. The van der Waals surface area contributed by atoms with E-state index < -0.39 is 17.6 Å². The van der Waals surface area contributed by atoms with E-state index in [0.717, 1.165) is 17.7 Å². The molecule has 0 atom stereocenters. The summed E-state index contributed by atoms with van der Waals surface area (Å²) in [6.07, 6.45) is -3.04. The fraction of sp³-hybridized carbons (Fsp3) is 0.158. The Labute approximate surface area is 143 Å². The second kappa shape index (κ2) is 8.15. The van der Waals surface area contributed by atoms with Crippen molar-refractivity contribution in [2.45, 2.75) is 12.6 Å². The monoisotopic (exact) mass is 344 g/mol. The Bertz CT molecular complexity index is 805. The van der Waals surface area contributed by atoms with E-state index in [2.05, 4.69) is 5.32 Å². The minimum absolute atomic E-state index is 0.218. The predicted octanol–water partition coefficient (Wildman–Crippen LogP) is 3.97. The predicted molar refractivity (Wildman–Crippen MR) is 88.2 cm³/mol. The first-order valence-corrected chi connectivity index (χ1v) is 7.52. The summed E-state index contributed by atoms with van der Waals surface area (Å²) in [7, 11) is 0. The third-order valence-corrected chi connectivity index (χ3v) is 3.47. The van der Waals surface area contributed by atoms with Crippen molar-refractivity contribution in [2.24, 2.45) is 0 Å². The van der Waals surface area contributed by atoms with Gasteiger partial charge in [-0.2, -0.15) is 18.4 Å². The van der Waals surface area contributed by atoms with Crippen LogP contribution >= 0.6 is 0 Å². The van der Waals surface area contributed by atoms with Crippen molar-refractivity contribution in [3.05, 3.63) is 76.9 Å². The molecule has 1 N–H and O–H groups in total. The summed E-state index contributed by atoms with van der Waals surface area (Å²) in [6.45, 7) is 0.281. The fourth-order valence-corrected chi connectivity index (χ4v) is 2.25. The van der Waals surface area contributed by atoms with Gasteiger partial charge >= 0.3 is 6.18 Å². The van der Waals surface area contributed by atoms with Crippen LogP contribution in [0.2, 0.25) is 0 Å². The zero-order valence-corrected chi connectivity index (χ0v) is 13.2. The molecule has 3 nitrogen and oxygen atoms in total. The molecule has 2 aromatic rings. The van der Waals surface area contributed by atoms with Crippen LogP contribution in [0.3, 0.4) is 0 Å². The summed E-state index contributed by atoms with van der Waals surface area (Å²) in [5, 5.41) is 11.7. The third kappa shape index (κ3) is 5.21. The van der Waals surface area contributed by atoms with E-state index >= 15 is 0 Å². The van der Waals surface area contributed by atoms with Crippen LogP contribution in [0.1, 0.15) is 16.7 Å². The van der Waals surface area contributed by atoms with Gasteiger partial charge in [0.1, 0.15) is 11.6 Å². The summed E-state index contributed by atoms with van der Waals surface area (Å²) in [5.41, 5.74) is -0.470. The van der Waals surface area contributed by atoms with E-state index in [1.54, 1.807) is 6.07 Å². The van der Waals surface area contributed by atoms with Crippen LogP contribution < -0.4 is 5.32 Å². The number of hydrogen-bond donors (Lipinski definition) is 1. The van der Waals surface area contributed by atoms with Gasteiger partial charge in [0, 0.05) is 6.54 Å². The normalized spacial score (nSPS) is 11.7. The molecular weight excluding hydrogens is 329 g/mol. The van der Waals surface area contributed by atoms with Crippen molar-refractivity contribution in [3.8, 4) is 6.07 Å². The van der Waals surface area contributed by atoms with Gasteiger partial charge in [-0.15, -0.1) is 0 Å². The van der Waals surface area contributed by atoms with Crippen molar-refractivity contribution in [3.63, 3.8) is 0 Å². The zero-order valence-electron chi connectivity index (χ0n) is 13.2. The molecule has 128 valence electrons. The molecule has 0 aliphatic carbocycles. The van der Waals surface area contributed by atoms with Gasteiger partial charge in [-0.05, 0) is 29.7 Å². The molecule has 6 heteroatoms. The highest BCUT2D eigenvalue weighted by Gasteiger charge is 2.32. The Kier molecular flexibility index (Phi) is 5.96. The average Bonchev–Trinajstić information content (AvgIpc) is 2.60. The largest absolute Gasteiger partial charge is 0.416 e. The molecule has 0 aromatic heterocycles. The van der Waals surface area contributed by atoms with Crippen LogP contribution in [0.15, 0.2) is 60.2 Å². The molecule has 0 saturated heterocycles. The van der Waals surface area contributed by atoms with E-state index in [-0.39, 0.29) is 17.7 Å². The first-order chi connectivity index (χ1) is 11.9. The number of halogens is 3. The van der Waals surface area contributed by atoms with E-state index in [1.165, 1.54) is 18.2 Å². The molecule has 0 aliphatic rings. The second-order valence-electron chi connectivity index (χ2n) is 5.25. The van der Waals surface area contributed by atoms with Gasteiger partial charge < -0.3 is 5.32 Å². The fourth-order valence-electron chi connectivity index (χ4n) is 2.25. The molecule has 25 heavy (non-hydrogen) atoms. The van der Waals surface area contributed by atoms with Crippen molar-refractivity contribution in [1.29, 1.82) is 5.26 Å². The summed E-state index contributed by atoms with van der Waals surface area (Å²) in [6, 6.07) is 15.9. The van der Waals surface area contributed by atoms with Crippen LogP contribution in [0, 0.1) is 11.3 Å². The van der Waals surface area contributed by atoms with E-state index in [4.69, 9.17) is 5.26 Å². The lowest BCUT2D eigenvalue weighted by Crippen LogP contribution is -2.26. The summed E-state index contributed by atoms with van der Waals surface area (Å²) in [4.78, 5) is 12.0. The Morgan fingerprint density at radius 1 is 1.08 bits per heavy atom. The molecule has 0 bridgehead atoms. The highest BCUT2D eigenvalue weighted by Crippen LogP contribution is 2.32. The standard InChI is InChI=1S/C19H15F3N2O/c20-19(21,22)17-9-5-4-8-15(17)12-16(13-23)18(25)24-11-10-14-6-2-1-3-7-14/h1-9,12H,10-11H2,(H,24,25). The summed E-state index contributed by atoms with van der Waals surface area (Å²) in [5.74, 6) is -0.699. The highest BCUT2D eigenvalue weighted by molar-refractivity contribution is 6.01. The van der Waals surface area contributed by atoms with E-state index in [9.17, 15) is 18.0 Å². The van der Waals surface area contributed by atoms with Gasteiger partial charge in [0.15, 0.2) is 0 Å². The van der Waals surface area contributed by atoms with Gasteiger partial charge in [-0.25, -0.2) is 0 Å². The molecular formula is C19H15F3N2O. The van der Waals surface area contributed by atoms with E-state index in [0.29, 0.717) is 6.42 Å². The number of carbonyl (C=O) groups excluding carboxylic acids is 1. The molecule has 0 unspecified atom stereocenters. The lowest BCUT2D eigenvalue weighted by molar-refractivity contribution is -0.137. The smallest absolute Gasteiger partial charge is 0.351 e. The van der Waals surface area contributed by atoms with Crippen LogP contribution in [0.25, 0.3) is 6.08 Å². The number of nitrogens with zero attached hydrogens (tertiary/aromatic N) is 1. The van der Waals surface area contributed by atoms with Gasteiger partial charge in [0.2, 0.25) is 0 Å². The maximum atomic E-state index is 13.0. The van der Waals surface area contributed by atoms with Crippen LogP contribution in [0.4, 0.5) is 13.2 Å². The van der Waals surface area contributed by atoms with Crippen molar-refractivity contribution < 1.29 is 18.0 Å². The first kappa shape index (κ1) is 18.3. The molecule has 0 heterocycles. The van der Waals surface area contributed by atoms with Gasteiger partial charge in [0.05, 0.1) is 5.56 Å². The van der Waals surface area contributed by atoms with Crippen molar-refractivity contribution in [2.75, 3.05) is 6.54 Å². The average molecular weight is 344 g/mol. The lowest BCUT2D eigenvalue weighted by Gasteiger charge is -2.10. The number of rotatable bonds is 5. The highest BCUT2D eigenvalue weighted by atomic mass is 19.4. The number of benzene rings is 2. The Hall–Kier alpha value is -3.07. The zero-order chi connectivity index (χ0) is 18.3. The Balaban J connectivity index is 2.10. The molecule has 0 aliphatic heterocycles. The first-order valence-electron chi connectivity index (χ1n) is 7.52. The van der Waals surface area contributed by atoms with Gasteiger partial charge in [-0.3, -0.25) is 4.79 Å². The SMILES string of the molecule is N#CC(=Cc1ccccc1C(F)(F)F)C(=O)NCCc1ccccc1. The van der Waals surface area contributed by atoms with Crippen molar-refractivity contribution in [1.82, 2.24) is 5.32 Å². The van der Waals surface area contributed by atoms with Crippen LogP contribution in [0.5, 0.6) is 0 Å². The van der Waals surface area contributed by atoms with Gasteiger partial charge in [0.25, 0.3) is 5.91 Å². The topological polar surface area (TPSA) is 52.9 Å². The minimum atomic E-state index is -4.56. The molecule has 0 saturated carbocycles. The van der Waals surface area contributed by atoms with E-state index in [1.807, 2.05) is 30.3 Å². The number of carbonyl (C=O) groups is 1. The number of nitriles is 1. The van der Waals surface area contributed by atoms with Crippen molar-refractivity contribution >= 4 is 12.0 Å². The number of amides is 1. The number of nitrogens with one attached hydrogen (secondary N) is 1. The maximum absolute atomic E-state index is 13.0. The maximum Gasteiger partial charge on any atom is 0.416 e. The molecule has 1 amide bonds. The quantitative estimate of drug-likeness (QED) is 0.659. The number of hydrogen-bond acceptors (Lipinski definition) is 2.